The molecule has 0 aromatic rings. The van der Waals surface area contributed by atoms with Gasteiger partial charge < -0.3 is 4.74 Å². The van der Waals surface area contributed by atoms with Crippen LogP contribution in [0.25, 0.3) is 0 Å². The molecule has 2 nitrogen and oxygen atoms in total. The van der Waals surface area contributed by atoms with Crippen LogP contribution in [0.1, 0.15) is 25.7 Å². The zero-order valence-corrected chi connectivity index (χ0v) is 7.66. The van der Waals surface area contributed by atoms with Gasteiger partial charge in [-0.2, -0.15) is 0 Å². The number of ether oxygens (including phenoxy) is 1. The van der Waals surface area contributed by atoms with Crippen LogP contribution in [-0.2, 0) is 9.53 Å². The monoisotopic (exact) mass is 178 g/mol. The first-order valence-corrected chi connectivity index (χ1v) is 4.89. The van der Waals surface area contributed by atoms with E-state index >= 15 is 0 Å². The molecule has 0 aromatic carbocycles. The van der Waals surface area contributed by atoms with E-state index in [4.69, 9.17) is 4.74 Å². The second-order valence-electron chi connectivity index (χ2n) is 3.56. The molecule has 1 fully saturated rings. The van der Waals surface area contributed by atoms with Crippen molar-refractivity contribution in [2.75, 3.05) is 6.61 Å². The molecule has 1 aliphatic heterocycles. The Morgan fingerprint density at radius 1 is 1.31 bits per heavy atom. The Hall–Kier alpha value is -0.890. The van der Waals surface area contributed by atoms with Crippen LogP contribution in [0.5, 0.6) is 0 Å². The Bertz CT molecular complexity index is 257. The molecule has 70 valence electrons. The minimum absolute atomic E-state index is 0.194. The molecule has 1 unspecified atom stereocenters. The van der Waals surface area contributed by atoms with Crippen molar-refractivity contribution in [3.8, 4) is 0 Å². The molecule has 1 aliphatic carbocycles. The van der Waals surface area contributed by atoms with Crippen molar-refractivity contribution in [3.63, 3.8) is 0 Å². The van der Waals surface area contributed by atoms with Gasteiger partial charge in [-0.1, -0.05) is 12.2 Å². The van der Waals surface area contributed by atoms with Crippen LogP contribution >= 0.6 is 0 Å². The summed E-state index contributed by atoms with van der Waals surface area (Å²) in [6, 6.07) is 0. The molecule has 2 aliphatic rings. The van der Waals surface area contributed by atoms with Crippen LogP contribution in [0.4, 0.5) is 0 Å². The lowest BCUT2D eigenvalue weighted by atomic mass is 9.96. The average molecular weight is 178 g/mol. The summed E-state index contributed by atoms with van der Waals surface area (Å²) in [4.78, 5) is 10.9. The van der Waals surface area contributed by atoms with Crippen molar-refractivity contribution >= 4 is 5.78 Å². The third-order valence-corrected chi connectivity index (χ3v) is 2.55. The Kier molecular flexibility index (Phi) is 2.60. The lowest BCUT2D eigenvalue weighted by Crippen LogP contribution is -2.21. The SMILES string of the molecule is O=C1C=CC(C2CCCCO2)=CC1. The molecular formula is C11H14O2. The zero-order valence-electron chi connectivity index (χ0n) is 7.66. The van der Waals surface area contributed by atoms with Crippen LogP contribution in [-0.4, -0.2) is 18.5 Å². The molecular weight excluding hydrogens is 164 g/mol. The Balaban J connectivity index is 2.00. The van der Waals surface area contributed by atoms with Crippen LogP contribution in [0.2, 0.25) is 0 Å². The lowest BCUT2D eigenvalue weighted by Gasteiger charge is -2.24. The van der Waals surface area contributed by atoms with Crippen LogP contribution in [0.15, 0.2) is 23.8 Å². The van der Waals surface area contributed by atoms with Gasteiger partial charge in [0.2, 0.25) is 0 Å². The summed E-state index contributed by atoms with van der Waals surface area (Å²) in [6.07, 6.45) is 9.87. The Morgan fingerprint density at radius 2 is 2.23 bits per heavy atom. The predicted octanol–water partition coefficient (Wildman–Crippen LogP) is 2.01. The fourth-order valence-electron chi connectivity index (χ4n) is 1.79. The van der Waals surface area contributed by atoms with E-state index in [1.54, 1.807) is 6.08 Å². The molecule has 0 radical (unpaired) electrons. The molecule has 1 heterocycles. The number of allylic oxidation sites excluding steroid dienone is 2. The molecule has 0 saturated carbocycles. The summed E-state index contributed by atoms with van der Waals surface area (Å²) in [5.41, 5.74) is 1.19. The van der Waals surface area contributed by atoms with Gasteiger partial charge in [0.05, 0.1) is 6.10 Å². The summed E-state index contributed by atoms with van der Waals surface area (Å²) in [5.74, 6) is 0.194. The van der Waals surface area contributed by atoms with Crippen molar-refractivity contribution in [2.45, 2.75) is 31.8 Å². The van der Waals surface area contributed by atoms with Crippen LogP contribution < -0.4 is 0 Å². The number of hydrogen-bond donors (Lipinski definition) is 0. The second kappa shape index (κ2) is 3.88. The minimum Gasteiger partial charge on any atom is -0.374 e. The minimum atomic E-state index is 0.194. The molecule has 2 heteroatoms. The maximum atomic E-state index is 10.9. The number of carbonyl (C=O) groups excluding carboxylic acids is 1. The smallest absolute Gasteiger partial charge is 0.159 e. The maximum absolute atomic E-state index is 10.9. The lowest BCUT2D eigenvalue weighted by molar-refractivity contribution is -0.113. The molecule has 0 spiro atoms. The predicted molar refractivity (Wildman–Crippen MR) is 50.4 cm³/mol. The third kappa shape index (κ3) is 2.07. The van der Waals surface area contributed by atoms with Crippen molar-refractivity contribution in [1.29, 1.82) is 0 Å². The van der Waals surface area contributed by atoms with E-state index in [9.17, 15) is 4.79 Å². The molecule has 1 atom stereocenters. The van der Waals surface area contributed by atoms with E-state index in [2.05, 4.69) is 0 Å². The molecule has 0 amide bonds. The first-order valence-electron chi connectivity index (χ1n) is 4.89. The van der Waals surface area contributed by atoms with Gasteiger partial charge in [0.1, 0.15) is 0 Å². The highest BCUT2D eigenvalue weighted by Crippen LogP contribution is 2.22. The highest BCUT2D eigenvalue weighted by Gasteiger charge is 2.18. The van der Waals surface area contributed by atoms with Crippen molar-refractivity contribution in [3.05, 3.63) is 23.8 Å². The molecule has 0 bridgehead atoms. The molecule has 1 saturated heterocycles. The Labute approximate surface area is 78.3 Å². The van der Waals surface area contributed by atoms with Gasteiger partial charge in [0, 0.05) is 13.0 Å². The molecule has 0 N–H and O–H groups in total. The van der Waals surface area contributed by atoms with Gasteiger partial charge in [-0.3, -0.25) is 4.79 Å². The second-order valence-corrected chi connectivity index (χ2v) is 3.56. The first kappa shape index (κ1) is 8.70. The summed E-state index contributed by atoms with van der Waals surface area (Å²) >= 11 is 0. The summed E-state index contributed by atoms with van der Waals surface area (Å²) in [7, 11) is 0. The summed E-state index contributed by atoms with van der Waals surface area (Å²) in [5, 5.41) is 0. The topological polar surface area (TPSA) is 26.3 Å². The third-order valence-electron chi connectivity index (χ3n) is 2.55. The van der Waals surface area contributed by atoms with Crippen molar-refractivity contribution < 1.29 is 9.53 Å². The first-order chi connectivity index (χ1) is 6.36. The average Bonchev–Trinajstić information content (AvgIpc) is 2.20. The summed E-state index contributed by atoms with van der Waals surface area (Å²) in [6.45, 7) is 0.865. The van der Waals surface area contributed by atoms with Crippen LogP contribution in [0.3, 0.4) is 0 Å². The van der Waals surface area contributed by atoms with E-state index < -0.39 is 0 Å². The van der Waals surface area contributed by atoms with Gasteiger partial charge in [-0.15, -0.1) is 0 Å². The highest BCUT2D eigenvalue weighted by molar-refractivity contribution is 5.92. The fraction of sp³-hybridized carbons (Fsp3) is 0.545. The van der Waals surface area contributed by atoms with E-state index in [-0.39, 0.29) is 11.9 Å². The van der Waals surface area contributed by atoms with Crippen molar-refractivity contribution in [2.24, 2.45) is 0 Å². The standard InChI is InChI=1S/C11H14O2/c12-10-6-4-9(5-7-10)11-3-1-2-8-13-11/h4-6,11H,1-3,7-8H2. The number of ketones is 1. The molecule has 13 heavy (non-hydrogen) atoms. The van der Waals surface area contributed by atoms with E-state index in [0.717, 1.165) is 13.0 Å². The van der Waals surface area contributed by atoms with Gasteiger partial charge in [-0.05, 0) is 30.9 Å². The van der Waals surface area contributed by atoms with Crippen molar-refractivity contribution in [1.82, 2.24) is 0 Å². The van der Waals surface area contributed by atoms with Gasteiger partial charge >= 0.3 is 0 Å². The highest BCUT2D eigenvalue weighted by atomic mass is 16.5. The van der Waals surface area contributed by atoms with Gasteiger partial charge in [-0.25, -0.2) is 0 Å². The van der Waals surface area contributed by atoms with E-state index in [1.807, 2.05) is 12.2 Å². The fourth-order valence-corrected chi connectivity index (χ4v) is 1.79. The Morgan fingerprint density at radius 3 is 2.85 bits per heavy atom. The summed E-state index contributed by atoms with van der Waals surface area (Å²) < 4.78 is 5.62. The molecule has 2 rings (SSSR count). The van der Waals surface area contributed by atoms with Gasteiger partial charge in [0.25, 0.3) is 0 Å². The normalized spacial score (nSPS) is 28.8. The quantitative estimate of drug-likeness (QED) is 0.614. The molecule has 0 aromatic heterocycles. The van der Waals surface area contributed by atoms with Crippen LogP contribution in [0, 0.1) is 0 Å². The van der Waals surface area contributed by atoms with E-state index in [0.29, 0.717) is 6.42 Å². The van der Waals surface area contributed by atoms with E-state index in [1.165, 1.54) is 18.4 Å². The zero-order chi connectivity index (χ0) is 9.10. The number of carbonyl (C=O) groups is 1. The number of hydrogen-bond acceptors (Lipinski definition) is 2. The van der Waals surface area contributed by atoms with Gasteiger partial charge in [0.15, 0.2) is 5.78 Å². The number of rotatable bonds is 1. The maximum Gasteiger partial charge on any atom is 0.159 e. The largest absolute Gasteiger partial charge is 0.374 e.